The Balaban J connectivity index is 0.000000413. The van der Waals surface area contributed by atoms with Crippen molar-refractivity contribution in [1.29, 1.82) is 0 Å². The van der Waals surface area contributed by atoms with Crippen LogP contribution in [0.1, 0.15) is 42.9 Å². The van der Waals surface area contributed by atoms with Gasteiger partial charge in [0, 0.05) is 45.7 Å². The molecule has 0 saturated carbocycles. The zero-order chi connectivity index (χ0) is 30.2. The maximum atomic E-state index is 12.0. The highest BCUT2D eigenvalue weighted by Gasteiger charge is 2.26. The molecule has 4 rings (SSSR count). The molecule has 0 atom stereocenters. The van der Waals surface area contributed by atoms with Crippen LogP contribution in [0.4, 0.5) is 0 Å². The third-order valence-corrected chi connectivity index (χ3v) is 6.69. The molecule has 2 aliphatic rings. The summed E-state index contributed by atoms with van der Waals surface area (Å²) in [6, 6.07) is 22.1. The van der Waals surface area contributed by atoms with E-state index in [0.29, 0.717) is 11.9 Å². The molecule has 0 aliphatic carbocycles. The van der Waals surface area contributed by atoms with Gasteiger partial charge >= 0.3 is 23.9 Å². The van der Waals surface area contributed by atoms with Crippen molar-refractivity contribution in [3.05, 3.63) is 71.8 Å². The van der Waals surface area contributed by atoms with Crippen LogP contribution in [0, 0.1) is 0 Å². The summed E-state index contributed by atoms with van der Waals surface area (Å²) < 4.78 is 0. The third kappa shape index (κ3) is 11.8. The minimum Gasteiger partial charge on any atom is -0.473 e. The molecule has 0 unspecified atom stereocenters. The standard InChI is InChI=1S/C25H33N3O.2C2H2O4/c29-24-14-7-8-16-27(24)17-9-15-26-18-20-28(21-19-26)25(22-10-3-1-4-11-22)23-12-5-2-6-13-23;2*3-1(4)2(5)6/h1-6,10-13,25H,7-9,14-21H2;2*(H,3,4)(H,5,6). The second kappa shape index (κ2) is 17.4. The Labute approximate surface area is 238 Å². The summed E-state index contributed by atoms with van der Waals surface area (Å²) in [4.78, 5) is 55.6. The van der Waals surface area contributed by atoms with Crippen molar-refractivity contribution in [2.24, 2.45) is 0 Å². The summed E-state index contributed by atoms with van der Waals surface area (Å²) in [7, 11) is 0. The first kappa shape index (κ1) is 32.9. The van der Waals surface area contributed by atoms with Gasteiger partial charge in [-0.2, -0.15) is 0 Å². The van der Waals surface area contributed by atoms with E-state index in [2.05, 4.69) is 75.4 Å². The Hall–Kier alpha value is -4.29. The number of carbonyl (C=O) groups excluding carboxylic acids is 1. The fraction of sp³-hybridized carbons (Fsp3) is 0.414. The molecular weight excluding hydrogens is 534 g/mol. The third-order valence-electron chi connectivity index (χ3n) is 6.69. The Morgan fingerprint density at radius 1 is 0.634 bits per heavy atom. The molecule has 0 aromatic heterocycles. The van der Waals surface area contributed by atoms with Crippen molar-refractivity contribution in [2.75, 3.05) is 45.8 Å². The summed E-state index contributed by atoms with van der Waals surface area (Å²) >= 11 is 0. The van der Waals surface area contributed by atoms with Gasteiger partial charge in [0.05, 0.1) is 6.04 Å². The molecule has 0 bridgehead atoms. The first-order valence-electron chi connectivity index (χ1n) is 13.4. The van der Waals surface area contributed by atoms with Crippen LogP contribution in [0.15, 0.2) is 60.7 Å². The van der Waals surface area contributed by atoms with Crippen LogP contribution in [-0.4, -0.2) is 111 Å². The minimum absolute atomic E-state index is 0.325. The number of likely N-dealkylation sites (tertiary alicyclic amines) is 1. The largest absolute Gasteiger partial charge is 0.473 e. The highest BCUT2D eigenvalue weighted by Crippen LogP contribution is 2.29. The Kier molecular flexibility index (Phi) is 14.0. The summed E-state index contributed by atoms with van der Waals surface area (Å²) in [5, 5.41) is 29.6. The molecule has 2 aromatic rings. The number of aliphatic carboxylic acids is 4. The highest BCUT2D eigenvalue weighted by atomic mass is 16.4. The van der Waals surface area contributed by atoms with Gasteiger partial charge in [-0.15, -0.1) is 0 Å². The number of carboxylic acid groups (broad SMARTS) is 4. The van der Waals surface area contributed by atoms with E-state index in [-0.39, 0.29) is 0 Å². The summed E-state index contributed by atoms with van der Waals surface area (Å²) in [5.74, 6) is -6.94. The molecule has 0 spiro atoms. The summed E-state index contributed by atoms with van der Waals surface area (Å²) in [6.07, 6.45) is 4.08. The van der Waals surface area contributed by atoms with Gasteiger partial charge in [-0.3, -0.25) is 9.69 Å². The number of carboxylic acids is 4. The number of piperazine rings is 1. The van der Waals surface area contributed by atoms with Crippen molar-refractivity contribution in [3.8, 4) is 0 Å². The Morgan fingerprint density at radius 3 is 1.51 bits per heavy atom. The van der Waals surface area contributed by atoms with E-state index in [1.165, 1.54) is 17.5 Å². The van der Waals surface area contributed by atoms with E-state index in [0.717, 1.165) is 65.1 Å². The molecule has 4 N–H and O–H groups in total. The molecule has 2 heterocycles. The predicted molar refractivity (Wildman–Crippen MR) is 148 cm³/mol. The van der Waals surface area contributed by atoms with Gasteiger partial charge in [-0.1, -0.05) is 60.7 Å². The van der Waals surface area contributed by atoms with E-state index in [4.69, 9.17) is 39.6 Å². The van der Waals surface area contributed by atoms with Crippen LogP contribution in [0.2, 0.25) is 0 Å². The van der Waals surface area contributed by atoms with E-state index in [9.17, 15) is 4.79 Å². The molecule has 12 nitrogen and oxygen atoms in total. The monoisotopic (exact) mass is 571 g/mol. The maximum Gasteiger partial charge on any atom is 0.414 e. The van der Waals surface area contributed by atoms with Crippen LogP contribution in [0.3, 0.4) is 0 Å². The fourth-order valence-corrected chi connectivity index (χ4v) is 4.71. The van der Waals surface area contributed by atoms with Crippen LogP contribution >= 0.6 is 0 Å². The van der Waals surface area contributed by atoms with Gasteiger partial charge in [0.1, 0.15) is 0 Å². The van der Waals surface area contributed by atoms with E-state index in [1.807, 2.05) is 0 Å². The minimum atomic E-state index is -1.82. The first-order chi connectivity index (χ1) is 19.6. The smallest absolute Gasteiger partial charge is 0.414 e. The number of amides is 1. The first-order valence-corrected chi connectivity index (χ1v) is 13.4. The van der Waals surface area contributed by atoms with E-state index >= 15 is 0 Å². The molecule has 2 aliphatic heterocycles. The van der Waals surface area contributed by atoms with Gasteiger partial charge in [0.15, 0.2) is 0 Å². The lowest BCUT2D eigenvalue weighted by atomic mass is 9.96. The molecule has 1 amide bonds. The van der Waals surface area contributed by atoms with E-state index in [1.54, 1.807) is 0 Å². The molecule has 0 radical (unpaired) electrons. The Morgan fingerprint density at radius 2 is 1.10 bits per heavy atom. The lowest BCUT2D eigenvalue weighted by Gasteiger charge is -2.40. The number of carbonyl (C=O) groups is 5. The van der Waals surface area contributed by atoms with Gasteiger partial charge in [0.25, 0.3) is 0 Å². The normalized spacial score (nSPS) is 15.6. The molecule has 2 aromatic carbocycles. The summed E-state index contributed by atoms with van der Waals surface area (Å²) in [5.41, 5.74) is 2.74. The molecule has 41 heavy (non-hydrogen) atoms. The highest BCUT2D eigenvalue weighted by molar-refractivity contribution is 6.27. The Bertz CT molecular complexity index is 1050. The fourth-order valence-electron chi connectivity index (χ4n) is 4.71. The zero-order valence-electron chi connectivity index (χ0n) is 22.8. The average molecular weight is 572 g/mol. The maximum absolute atomic E-state index is 12.0. The van der Waals surface area contributed by atoms with Gasteiger partial charge in [-0.05, 0) is 36.9 Å². The molecular formula is C29H37N3O9. The van der Waals surface area contributed by atoms with Crippen molar-refractivity contribution in [3.63, 3.8) is 0 Å². The number of piperidine rings is 1. The van der Waals surface area contributed by atoms with Crippen molar-refractivity contribution < 1.29 is 44.4 Å². The van der Waals surface area contributed by atoms with Gasteiger partial charge in [-0.25, -0.2) is 19.2 Å². The molecule has 2 saturated heterocycles. The average Bonchev–Trinajstić information content (AvgIpc) is 2.97. The lowest BCUT2D eigenvalue weighted by molar-refractivity contribution is -0.159. The SMILES string of the molecule is O=C(O)C(=O)O.O=C(O)C(=O)O.O=C1CCCCN1CCCN1CCN(C(c2ccccc2)c2ccccc2)CC1. The number of nitrogens with zero attached hydrogens (tertiary/aromatic N) is 3. The topological polar surface area (TPSA) is 176 Å². The summed E-state index contributed by atoms with van der Waals surface area (Å²) in [6.45, 7) is 7.35. The molecule has 12 heteroatoms. The van der Waals surface area contributed by atoms with Crippen molar-refractivity contribution in [1.82, 2.24) is 14.7 Å². The quantitative estimate of drug-likeness (QED) is 0.358. The second-order valence-corrected chi connectivity index (χ2v) is 9.51. The second-order valence-electron chi connectivity index (χ2n) is 9.51. The van der Waals surface area contributed by atoms with Crippen molar-refractivity contribution in [2.45, 2.75) is 31.7 Å². The molecule has 2 fully saturated rings. The van der Waals surface area contributed by atoms with Crippen LogP contribution < -0.4 is 0 Å². The van der Waals surface area contributed by atoms with Gasteiger partial charge < -0.3 is 30.2 Å². The van der Waals surface area contributed by atoms with Crippen molar-refractivity contribution >= 4 is 29.8 Å². The zero-order valence-corrected chi connectivity index (χ0v) is 22.8. The number of hydrogen-bond donors (Lipinski definition) is 4. The van der Waals surface area contributed by atoms with Crippen LogP contribution in [0.25, 0.3) is 0 Å². The number of hydrogen-bond acceptors (Lipinski definition) is 7. The van der Waals surface area contributed by atoms with Gasteiger partial charge in [0.2, 0.25) is 5.91 Å². The van der Waals surface area contributed by atoms with Crippen LogP contribution in [-0.2, 0) is 24.0 Å². The predicted octanol–water partition coefficient (Wildman–Crippen LogP) is 2.11. The molecule has 222 valence electrons. The number of rotatable bonds is 7. The van der Waals surface area contributed by atoms with E-state index < -0.39 is 23.9 Å². The lowest BCUT2D eigenvalue weighted by Crippen LogP contribution is -2.48. The van der Waals surface area contributed by atoms with Crippen LogP contribution in [0.5, 0.6) is 0 Å². The number of benzene rings is 2.